The number of likely N-dealkylation sites (tertiary alicyclic amines) is 1. The molecule has 0 unspecified atom stereocenters. The number of rotatable bonds is 7. The summed E-state index contributed by atoms with van der Waals surface area (Å²) in [7, 11) is 0. The summed E-state index contributed by atoms with van der Waals surface area (Å²) >= 11 is 2.82. The van der Waals surface area contributed by atoms with E-state index in [1.807, 2.05) is 10.3 Å². The minimum atomic E-state index is -0.140. The predicted octanol–water partition coefficient (Wildman–Crippen LogP) is 3.78. The van der Waals surface area contributed by atoms with E-state index in [1.54, 1.807) is 24.3 Å². The van der Waals surface area contributed by atoms with Gasteiger partial charge in [0.05, 0.1) is 17.9 Å². The van der Waals surface area contributed by atoms with Gasteiger partial charge in [-0.15, -0.1) is 11.3 Å². The molecule has 0 atom stereocenters. The number of nitrogens with one attached hydrogen (secondary N) is 2. The Kier molecular flexibility index (Phi) is 8.27. The second-order valence-electron chi connectivity index (χ2n) is 7.17. The molecular weight excluding hydrogens is 420 g/mol. The molecule has 1 aromatic carbocycles. The standard InChI is InChI=1S/C21H26N4O3S2/c1-15(26)22-16-6-8-17(9-7-16)23-19(27)14-30-21-24-18(13-29-21)12-20(28)25-10-4-2-3-5-11-25/h6-9,13H,2-5,10-12,14H2,1H3,(H,22,26)(H,23,27). The van der Waals surface area contributed by atoms with Crippen LogP contribution in [0.4, 0.5) is 11.4 Å². The van der Waals surface area contributed by atoms with E-state index < -0.39 is 0 Å². The summed E-state index contributed by atoms with van der Waals surface area (Å²) in [5.41, 5.74) is 2.11. The van der Waals surface area contributed by atoms with Gasteiger partial charge in [-0.1, -0.05) is 24.6 Å². The fourth-order valence-electron chi connectivity index (χ4n) is 3.19. The van der Waals surface area contributed by atoms with Crippen LogP contribution in [0.25, 0.3) is 0 Å². The maximum absolute atomic E-state index is 12.5. The first-order valence-corrected chi connectivity index (χ1v) is 11.9. The largest absolute Gasteiger partial charge is 0.342 e. The minimum Gasteiger partial charge on any atom is -0.342 e. The van der Waals surface area contributed by atoms with Crippen molar-refractivity contribution in [1.29, 1.82) is 0 Å². The highest BCUT2D eigenvalue weighted by Crippen LogP contribution is 2.24. The van der Waals surface area contributed by atoms with Crippen molar-refractivity contribution in [3.63, 3.8) is 0 Å². The van der Waals surface area contributed by atoms with Crippen LogP contribution in [0.5, 0.6) is 0 Å². The van der Waals surface area contributed by atoms with Gasteiger partial charge in [0.25, 0.3) is 0 Å². The van der Waals surface area contributed by atoms with Crippen molar-refractivity contribution in [3.05, 3.63) is 35.3 Å². The molecule has 3 amide bonds. The number of anilines is 2. The first-order chi connectivity index (χ1) is 14.5. The number of aromatic nitrogens is 1. The Morgan fingerprint density at radius 1 is 1.03 bits per heavy atom. The second kappa shape index (κ2) is 11.1. The highest BCUT2D eigenvalue weighted by atomic mass is 32.2. The predicted molar refractivity (Wildman–Crippen MR) is 121 cm³/mol. The molecule has 2 aromatic rings. The quantitative estimate of drug-likeness (QED) is 0.632. The number of carbonyl (C=O) groups is 3. The maximum Gasteiger partial charge on any atom is 0.234 e. The summed E-state index contributed by atoms with van der Waals surface area (Å²) in [5, 5.41) is 7.41. The average Bonchev–Trinajstić information content (AvgIpc) is 2.97. The lowest BCUT2D eigenvalue weighted by Crippen LogP contribution is -2.33. The van der Waals surface area contributed by atoms with Crippen LogP contribution >= 0.6 is 23.1 Å². The molecule has 0 bridgehead atoms. The van der Waals surface area contributed by atoms with Gasteiger partial charge < -0.3 is 15.5 Å². The highest BCUT2D eigenvalue weighted by Gasteiger charge is 2.17. The molecule has 30 heavy (non-hydrogen) atoms. The van der Waals surface area contributed by atoms with Gasteiger partial charge in [0.2, 0.25) is 17.7 Å². The molecule has 1 aliphatic rings. The smallest absolute Gasteiger partial charge is 0.234 e. The van der Waals surface area contributed by atoms with E-state index in [1.165, 1.54) is 42.9 Å². The fourth-order valence-corrected chi connectivity index (χ4v) is 4.83. The Labute approximate surface area is 184 Å². The van der Waals surface area contributed by atoms with Crippen molar-refractivity contribution in [2.75, 3.05) is 29.5 Å². The summed E-state index contributed by atoms with van der Waals surface area (Å²) < 4.78 is 0.782. The van der Waals surface area contributed by atoms with Crippen LogP contribution in [0.2, 0.25) is 0 Å². The number of nitrogens with zero attached hydrogens (tertiary/aromatic N) is 2. The Balaban J connectivity index is 1.43. The third-order valence-electron chi connectivity index (χ3n) is 4.64. The van der Waals surface area contributed by atoms with Crippen LogP contribution < -0.4 is 10.6 Å². The second-order valence-corrected chi connectivity index (χ2v) is 9.25. The monoisotopic (exact) mass is 446 g/mol. The number of thiazole rings is 1. The molecule has 0 saturated carbocycles. The lowest BCUT2D eigenvalue weighted by Gasteiger charge is -2.19. The van der Waals surface area contributed by atoms with Gasteiger partial charge in [0, 0.05) is 36.8 Å². The molecule has 1 aliphatic heterocycles. The van der Waals surface area contributed by atoms with Crippen molar-refractivity contribution in [3.8, 4) is 0 Å². The normalized spacial score (nSPS) is 14.1. The van der Waals surface area contributed by atoms with E-state index in [2.05, 4.69) is 15.6 Å². The van der Waals surface area contributed by atoms with Gasteiger partial charge in [0.15, 0.2) is 4.34 Å². The van der Waals surface area contributed by atoms with Crippen LogP contribution in [0.1, 0.15) is 38.3 Å². The first kappa shape index (κ1) is 22.3. The molecular formula is C21H26N4O3S2. The Morgan fingerprint density at radius 3 is 2.30 bits per heavy atom. The lowest BCUT2D eigenvalue weighted by atomic mass is 10.2. The molecule has 3 rings (SSSR count). The summed E-state index contributed by atoms with van der Waals surface area (Å²) in [4.78, 5) is 42.2. The summed E-state index contributed by atoms with van der Waals surface area (Å²) in [6, 6.07) is 6.95. The molecule has 0 radical (unpaired) electrons. The maximum atomic E-state index is 12.5. The molecule has 9 heteroatoms. The summed E-state index contributed by atoms with van der Waals surface area (Å²) in [5.74, 6) is 0.100. The lowest BCUT2D eigenvalue weighted by molar-refractivity contribution is -0.130. The number of amides is 3. The van der Waals surface area contributed by atoms with Gasteiger partial charge in [-0.3, -0.25) is 14.4 Å². The van der Waals surface area contributed by atoms with Crippen molar-refractivity contribution >= 4 is 52.2 Å². The van der Waals surface area contributed by atoms with Gasteiger partial charge >= 0.3 is 0 Å². The zero-order chi connectivity index (χ0) is 21.3. The third kappa shape index (κ3) is 7.14. The van der Waals surface area contributed by atoms with Crippen LogP contribution in [0.3, 0.4) is 0 Å². The molecule has 1 fully saturated rings. The zero-order valence-electron chi connectivity index (χ0n) is 17.0. The molecule has 2 N–H and O–H groups in total. The van der Waals surface area contributed by atoms with E-state index in [-0.39, 0.29) is 23.5 Å². The zero-order valence-corrected chi connectivity index (χ0v) is 18.6. The van der Waals surface area contributed by atoms with Crippen LogP contribution in [0.15, 0.2) is 34.0 Å². The van der Waals surface area contributed by atoms with Gasteiger partial charge in [-0.2, -0.15) is 0 Å². The fraction of sp³-hybridized carbons (Fsp3) is 0.429. The number of benzene rings is 1. The Morgan fingerprint density at radius 2 is 1.67 bits per heavy atom. The highest BCUT2D eigenvalue weighted by molar-refractivity contribution is 8.01. The summed E-state index contributed by atoms with van der Waals surface area (Å²) in [6.07, 6.45) is 4.87. The first-order valence-electron chi connectivity index (χ1n) is 10.0. The van der Waals surface area contributed by atoms with E-state index >= 15 is 0 Å². The van der Waals surface area contributed by atoms with Crippen LogP contribution in [0, 0.1) is 0 Å². The van der Waals surface area contributed by atoms with E-state index in [4.69, 9.17) is 0 Å². The number of carbonyl (C=O) groups excluding carboxylic acids is 3. The summed E-state index contributed by atoms with van der Waals surface area (Å²) in [6.45, 7) is 3.13. The Hall–Kier alpha value is -2.39. The SMILES string of the molecule is CC(=O)Nc1ccc(NC(=O)CSc2nc(CC(=O)N3CCCCCC3)cs2)cc1. The van der Waals surface area contributed by atoms with Crippen molar-refractivity contribution in [1.82, 2.24) is 9.88 Å². The van der Waals surface area contributed by atoms with Crippen LogP contribution in [-0.2, 0) is 20.8 Å². The van der Waals surface area contributed by atoms with Gasteiger partial charge in [0.1, 0.15) is 0 Å². The van der Waals surface area contributed by atoms with Crippen LogP contribution in [-0.4, -0.2) is 46.4 Å². The molecule has 1 aromatic heterocycles. The topological polar surface area (TPSA) is 91.4 Å². The van der Waals surface area contributed by atoms with Gasteiger partial charge in [-0.05, 0) is 37.1 Å². The number of hydrogen-bond acceptors (Lipinski definition) is 6. The van der Waals surface area contributed by atoms with E-state index in [0.717, 1.165) is 36.0 Å². The molecule has 7 nitrogen and oxygen atoms in total. The minimum absolute atomic E-state index is 0.135. The number of hydrogen-bond donors (Lipinski definition) is 2. The third-order valence-corrected chi connectivity index (χ3v) is 6.71. The Bertz CT molecular complexity index is 875. The number of thioether (sulfide) groups is 1. The molecule has 0 spiro atoms. The molecule has 1 saturated heterocycles. The van der Waals surface area contributed by atoms with E-state index in [9.17, 15) is 14.4 Å². The molecule has 0 aliphatic carbocycles. The molecule has 160 valence electrons. The average molecular weight is 447 g/mol. The van der Waals surface area contributed by atoms with Crippen molar-refractivity contribution in [2.45, 2.75) is 43.4 Å². The molecule has 2 heterocycles. The van der Waals surface area contributed by atoms with Crippen molar-refractivity contribution < 1.29 is 14.4 Å². The van der Waals surface area contributed by atoms with E-state index in [0.29, 0.717) is 17.8 Å². The van der Waals surface area contributed by atoms with Crippen molar-refractivity contribution in [2.24, 2.45) is 0 Å². The van der Waals surface area contributed by atoms with Gasteiger partial charge in [-0.25, -0.2) is 4.98 Å².